The number of ketones is 1. The van der Waals surface area contributed by atoms with Gasteiger partial charge in [0, 0.05) is 9.13 Å². The topological polar surface area (TPSA) is 51.2 Å². The minimum Gasteiger partial charge on any atom is -0.293 e. The zero-order valence-electron chi connectivity index (χ0n) is 10.8. The van der Waals surface area contributed by atoms with E-state index in [1.54, 1.807) is 36.4 Å². The van der Waals surface area contributed by atoms with Gasteiger partial charge in [-0.3, -0.25) is 4.79 Å². The molecule has 3 nitrogen and oxygen atoms in total. The van der Waals surface area contributed by atoms with Crippen molar-refractivity contribution in [1.82, 2.24) is 0 Å². The number of Topliss-reactive ketones (excluding diaryl/α,β-unsaturated/α-hetero) is 1. The molecule has 0 heterocycles. The Labute approximate surface area is 132 Å². The maximum atomic E-state index is 12.2. The van der Waals surface area contributed by atoms with E-state index in [2.05, 4.69) is 22.6 Å². The smallest absolute Gasteiger partial charge is 0.185 e. The number of halogens is 1. The summed E-state index contributed by atoms with van der Waals surface area (Å²) >= 11 is 2.13. The van der Waals surface area contributed by atoms with Crippen LogP contribution in [-0.2, 0) is 9.84 Å². The van der Waals surface area contributed by atoms with Gasteiger partial charge in [0.2, 0.25) is 0 Å². The summed E-state index contributed by atoms with van der Waals surface area (Å²) in [6.45, 7) is 1.82. The van der Waals surface area contributed by atoms with Gasteiger partial charge < -0.3 is 0 Å². The van der Waals surface area contributed by atoms with Gasteiger partial charge in [-0.15, -0.1) is 0 Å². The molecule has 0 aliphatic heterocycles. The molecule has 20 heavy (non-hydrogen) atoms. The molecule has 0 aliphatic rings. The van der Waals surface area contributed by atoms with Crippen LogP contribution in [0.1, 0.15) is 15.9 Å². The summed E-state index contributed by atoms with van der Waals surface area (Å²) in [5, 5.41) is 0. The molecular weight excluding hydrogens is 387 g/mol. The molecule has 0 saturated heterocycles. The van der Waals surface area contributed by atoms with E-state index in [4.69, 9.17) is 0 Å². The van der Waals surface area contributed by atoms with Crippen molar-refractivity contribution in [2.45, 2.75) is 11.8 Å². The number of hydrogen-bond donors (Lipinski definition) is 0. The van der Waals surface area contributed by atoms with Gasteiger partial charge in [-0.05, 0) is 59.3 Å². The second kappa shape index (κ2) is 6.05. The van der Waals surface area contributed by atoms with Crippen molar-refractivity contribution in [3.63, 3.8) is 0 Å². The first kappa shape index (κ1) is 15.2. The van der Waals surface area contributed by atoms with Gasteiger partial charge in [0.05, 0.1) is 4.90 Å². The van der Waals surface area contributed by atoms with E-state index in [0.29, 0.717) is 5.56 Å². The first-order valence-electron chi connectivity index (χ1n) is 5.97. The molecule has 0 atom stereocenters. The van der Waals surface area contributed by atoms with Crippen LogP contribution in [0, 0.1) is 10.5 Å². The number of sulfone groups is 1. The van der Waals surface area contributed by atoms with Gasteiger partial charge in [-0.1, -0.05) is 24.3 Å². The molecule has 0 aromatic heterocycles. The second-order valence-corrected chi connectivity index (χ2v) is 7.74. The Kier molecular flexibility index (Phi) is 4.59. The largest absolute Gasteiger partial charge is 0.293 e. The van der Waals surface area contributed by atoms with E-state index in [9.17, 15) is 13.2 Å². The fraction of sp³-hybridized carbons (Fsp3) is 0.133. The Morgan fingerprint density at radius 1 is 1.10 bits per heavy atom. The van der Waals surface area contributed by atoms with Gasteiger partial charge in [-0.25, -0.2) is 8.42 Å². The monoisotopic (exact) mass is 400 g/mol. The van der Waals surface area contributed by atoms with Crippen molar-refractivity contribution >= 4 is 38.2 Å². The van der Waals surface area contributed by atoms with Crippen LogP contribution in [0.25, 0.3) is 0 Å². The van der Waals surface area contributed by atoms with E-state index >= 15 is 0 Å². The Bertz CT molecular complexity index is 734. The molecule has 0 fully saturated rings. The quantitative estimate of drug-likeness (QED) is 0.585. The highest BCUT2D eigenvalue weighted by Crippen LogP contribution is 2.15. The molecule has 2 rings (SSSR count). The molecule has 2 aromatic rings. The molecule has 0 spiro atoms. The van der Waals surface area contributed by atoms with E-state index in [-0.39, 0.29) is 10.7 Å². The van der Waals surface area contributed by atoms with Crippen LogP contribution in [0.5, 0.6) is 0 Å². The summed E-state index contributed by atoms with van der Waals surface area (Å²) < 4.78 is 25.4. The summed E-state index contributed by atoms with van der Waals surface area (Å²) in [6.07, 6.45) is 0. The van der Waals surface area contributed by atoms with E-state index in [1.807, 2.05) is 13.0 Å². The van der Waals surface area contributed by atoms with Gasteiger partial charge in [0.1, 0.15) is 5.75 Å². The maximum absolute atomic E-state index is 12.2. The number of carbonyl (C=O) groups is 1. The third-order valence-electron chi connectivity index (χ3n) is 2.84. The summed E-state index contributed by atoms with van der Waals surface area (Å²) in [4.78, 5) is 12.2. The molecule has 0 saturated carbocycles. The van der Waals surface area contributed by atoms with Crippen molar-refractivity contribution in [1.29, 1.82) is 0 Å². The van der Waals surface area contributed by atoms with Crippen molar-refractivity contribution in [2.75, 3.05) is 5.75 Å². The zero-order chi connectivity index (χ0) is 14.8. The van der Waals surface area contributed by atoms with Crippen molar-refractivity contribution in [3.05, 3.63) is 63.2 Å². The molecule has 2 aromatic carbocycles. The molecule has 0 unspecified atom stereocenters. The Morgan fingerprint density at radius 2 is 1.75 bits per heavy atom. The van der Waals surface area contributed by atoms with Crippen molar-refractivity contribution in [3.8, 4) is 0 Å². The summed E-state index contributed by atoms with van der Waals surface area (Å²) in [6, 6.07) is 13.5. The number of aryl methyl sites for hydroxylation is 1. The van der Waals surface area contributed by atoms with Crippen LogP contribution < -0.4 is 0 Å². The standard InChI is InChI=1S/C15H13IO3S/c1-11-3-2-4-14(9-11)20(18,19)10-15(17)12-5-7-13(16)8-6-12/h2-9H,10H2,1H3. The molecule has 0 N–H and O–H groups in total. The first-order valence-corrected chi connectivity index (χ1v) is 8.70. The predicted octanol–water partition coefficient (Wildman–Crippen LogP) is 3.26. The number of carbonyl (C=O) groups excluding carboxylic acids is 1. The lowest BCUT2D eigenvalue weighted by Gasteiger charge is -2.05. The van der Waals surface area contributed by atoms with Gasteiger partial charge in [0.25, 0.3) is 0 Å². The van der Waals surface area contributed by atoms with Crippen LogP contribution in [0.4, 0.5) is 0 Å². The molecular formula is C15H13IO3S. The van der Waals surface area contributed by atoms with Crippen LogP contribution in [0.3, 0.4) is 0 Å². The number of benzene rings is 2. The molecule has 0 amide bonds. The Hall–Kier alpha value is -1.21. The lowest BCUT2D eigenvalue weighted by Crippen LogP contribution is -2.16. The maximum Gasteiger partial charge on any atom is 0.185 e. The lowest BCUT2D eigenvalue weighted by atomic mass is 10.2. The van der Waals surface area contributed by atoms with Crippen LogP contribution in [0.2, 0.25) is 0 Å². The molecule has 0 radical (unpaired) electrons. The predicted molar refractivity (Wildman–Crippen MR) is 86.7 cm³/mol. The van der Waals surface area contributed by atoms with E-state index in [1.165, 1.54) is 6.07 Å². The second-order valence-electron chi connectivity index (χ2n) is 4.51. The molecule has 5 heteroatoms. The van der Waals surface area contributed by atoms with Gasteiger partial charge >= 0.3 is 0 Å². The molecule has 0 bridgehead atoms. The first-order chi connectivity index (χ1) is 9.38. The van der Waals surface area contributed by atoms with Gasteiger partial charge in [-0.2, -0.15) is 0 Å². The molecule has 104 valence electrons. The Balaban J connectivity index is 2.24. The number of hydrogen-bond acceptors (Lipinski definition) is 3. The van der Waals surface area contributed by atoms with Gasteiger partial charge in [0.15, 0.2) is 15.6 Å². The average Bonchev–Trinajstić information content (AvgIpc) is 2.39. The minimum absolute atomic E-state index is 0.191. The normalized spacial score (nSPS) is 11.3. The van der Waals surface area contributed by atoms with E-state index in [0.717, 1.165) is 9.13 Å². The molecule has 0 aliphatic carbocycles. The summed E-state index contributed by atoms with van der Waals surface area (Å²) in [7, 11) is -3.59. The highest BCUT2D eigenvalue weighted by molar-refractivity contribution is 14.1. The zero-order valence-corrected chi connectivity index (χ0v) is 13.8. The highest BCUT2D eigenvalue weighted by Gasteiger charge is 2.20. The lowest BCUT2D eigenvalue weighted by molar-refractivity contribution is 0.102. The fourth-order valence-corrected chi connectivity index (χ4v) is 3.47. The minimum atomic E-state index is -3.59. The SMILES string of the molecule is Cc1cccc(S(=O)(=O)CC(=O)c2ccc(I)cc2)c1. The highest BCUT2D eigenvalue weighted by atomic mass is 127. The third kappa shape index (κ3) is 3.67. The van der Waals surface area contributed by atoms with E-state index < -0.39 is 15.6 Å². The van der Waals surface area contributed by atoms with Crippen LogP contribution >= 0.6 is 22.6 Å². The number of rotatable bonds is 4. The van der Waals surface area contributed by atoms with Crippen molar-refractivity contribution in [2.24, 2.45) is 0 Å². The average molecular weight is 400 g/mol. The Morgan fingerprint density at radius 3 is 2.35 bits per heavy atom. The third-order valence-corrected chi connectivity index (χ3v) is 5.17. The summed E-state index contributed by atoms with van der Waals surface area (Å²) in [5.74, 6) is -0.889. The fourth-order valence-electron chi connectivity index (χ4n) is 1.78. The van der Waals surface area contributed by atoms with Crippen LogP contribution in [-0.4, -0.2) is 20.0 Å². The van der Waals surface area contributed by atoms with Crippen LogP contribution in [0.15, 0.2) is 53.4 Å². The summed E-state index contributed by atoms with van der Waals surface area (Å²) in [5.41, 5.74) is 1.27. The van der Waals surface area contributed by atoms with Crippen molar-refractivity contribution < 1.29 is 13.2 Å².